The minimum absolute atomic E-state index is 0.118. The Morgan fingerprint density at radius 1 is 1.47 bits per heavy atom. The van der Waals surface area contributed by atoms with Gasteiger partial charge in [0.25, 0.3) is 0 Å². The zero-order chi connectivity index (χ0) is 13.7. The van der Waals surface area contributed by atoms with Crippen LogP contribution in [0.15, 0.2) is 41.8 Å². The molecule has 0 saturated carbocycles. The lowest BCUT2D eigenvalue weighted by molar-refractivity contribution is 0.788. The molecule has 1 aromatic carbocycles. The number of rotatable bonds is 4. The van der Waals surface area contributed by atoms with E-state index in [0.29, 0.717) is 12.4 Å². The quantitative estimate of drug-likeness (QED) is 0.512. The summed E-state index contributed by atoms with van der Waals surface area (Å²) in [5, 5.41) is 4.72. The summed E-state index contributed by atoms with van der Waals surface area (Å²) >= 11 is 10.5. The molecule has 98 valence electrons. The van der Waals surface area contributed by atoms with Crippen LogP contribution in [0.3, 0.4) is 0 Å². The highest BCUT2D eigenvalue weighted by Crippen LogP contribution is 2.11. The fourth-order valence-electron chi connectivity index (χ4n) is 1.52. The highest BCUT2D eigenvalue weighted by molar-refractivity contribution is 7.80. The first-order valence-corrected chi connectivity index (χ1v) is 6.28. The molecule has 0 unspecified atom stereocenters. The molecule has 3 N–H and O–H groups in total. The normalized spacial score (nSPS) is 10.8. The van der Waals surface area contributed by atoms with Crippen LogP contribution in [-0.4, -0.2) is 20.9 Å². The Labute approximate surface area is 121 Å². The van der Waals surface area contributed by atoms with Gasteiger partial charge in [0.15, 0.2) is 10.9 Å². The van der Waals surface area contributed by atoms with Gasteiger partial charge in [-0.25, -0.2) is 4.98 Å². The Hall–Kier alpha value is -1.92. The van der Waals surface area contributed by atoms with Gasteiger partial charge in [-0.05, 0) is 29.9 Å². The van der Waals surface area contributed by atoms with Gasteiger partial charge < -0.3 is 10.3 Å². The van der Waals surface area contributed by atoms with Gasteiger partial charge in [0.2, 0.25) is 0 Å². The molecule has 0 spiro atoms. The van der Waals surface area contributed by atoms with E-state index < -0.39 is 0 Å². The molecule has 0 aliphatic carbocycles. The third-order valence-corrected chi connectivity index (χ3v) is 2.71. The lowest BCUT2D eigenvalue weighted by Crippen LogP contribution is -2.24. The smallest absolute Gasteiger partial charge is 0.184 e. The second-order valence-electron chi connectivity index (χ2n) is 3.77. The summed E-state index contributed by atoms with van der Waals surface area (Å²) in [6, 6.07) is 7.65. The minimum atomic E-state index is 0.118. The van der Waals surface area contributed by atoms with Crippen molar-refractivity contribution in [2.24, 2.45) is 10.8 Å². The Balaban J connectivity index is 2.09. The Morgan fingerprint density at radius 2 is 2.21 bits per heavy atom. The third kappa shape index (κ3) is 4.04. The Bertz CT molecular complexity index is 590. The van der Waals surface area contributed by atoms with Crippen LogP contribution in [0.4, 0.5) is 0 Å². The van der Waals surface area contributed by atoms with Crippen LogP contribution in [0.25, 0.3) is 0 Å². The Morgan fingerprint density at radius 3 is 2.89 bits per heavy atom. The summed E-state index contributed by atoms with van der Waals surface area (Å²) in [7, 11) is 0. The molecule has 1 heterocycles. The maximum Gasteiger partial charge on any atom is 0.184 e. The number of nitrogens with one attached hydrogen (secondary N) is 1. The number of hydrogen-bond acceptors (Lipinski definition) is 3. The molecule has 0 bridgehead atoms. The number of thiocarbonyl (C=S) groups is 1. The van der Waals surface area contributed by atoms with Crippen LogP contribution in [0, 0.1) is 0 Å². The van der Waals surface area contributed by atoms with Gasteiger partial charge in [-0.1, -0.05) is 23.7 Å². The van der Waals surface area contributed by atoms with E-state index in [9.17, 15) is 0 Å². The number of imidazole rings is 1. The van der Waals surface area contributed by atoms with Crippen molar-refractivity contribution in [3.63, 3.8) is 0 Å². The van der Waals surface area contributed by atoms with E-state index in [4.69, 9.17) is 17.3 Å². The van der Waals surface area contributed by atoms with Crippen molar-refractivity contribution in [2.45, 2.75) is 6.54 Å². The van der Waals surface area contributed by atoms with Crippen LogP contribution in [-0.2, 0) is 6.54 Å². The SMILES string of the molecule is NC(=S)NN=Cc1nccn1Cc1ccc(Cl)cc1. The molecule has 0 amide bonds. The molecule has 0 aliphatic heterocycles. The van der Waals surface area contributed by atoms with Crippen molar-refractivity contribution < 1.29 is 0 Å². The van der Waals surface area contributed by atoms with Crippen molar-refractivity contribution in [1.82, 2.24) is 15.0 Å². The summed E-state index contributed by atoms with van der Waals surface area (Å²) in [4.78, 5) is 4.19. The maximum absolute atomic E-state index is 5.85. The van der Waals surface area contributed by atoms with Gasteiger partial charge >= 0.3 is 0 Å². The van der Waals surface area contributed by atoms with Crippen LogP contribution in [0.5, 0.6) is 0 Å². The number of hydrogen-bond donors (Lipinski definition) is 2. The van der Waals surface area contributed by atoms with Crippen LogP contribution >= 0.6 is 23.8 Å². The van der Waals surface area contributed by atoms with Gasteiger partial charge in [-0.3, -0.25) is 5.43 Å². The Kier molecular flexibility index (Phi) is 4.48. The second kappa shape index (κ2) is 6.31. The first-order chi connectivity index (χ1) is 9.15. The lowest BCUT2D eigenvalue weighted by atomic mass is 10.2. The summed E-state index contributed by atoms with van der Waals surface area (Å²) in [6.45, 7) is 0.686. The largest absolute Gasteiger partial charge is 0.375 e. The number of nitrogens with zero attached hydrogens (tertiary/aromatic N) is 3. The number of hydrazone groups is 1. The lowest BCUT2D eigenvalue weighted by Gasteiger charge is -2.05. The highest BCUT2D eigenvalue weighted by Gasteiger charge is 2.01. The standard InChI is InChI=1S/C12H12ClN5S/c13-10-3-1-9(2-4-10)8-18-6-5-15-11(18)7-16-17-12(14)19/h1-7H,8H2,(H3,14,17,19). The van der Waals surface area contributed by atoms with Gasteiger partial charge in [0, 0.05) is 24.0 Å². The number of aromatic nitrogens is 2. The summed E-state index contributed by atoms with van der Waals surface area (Å²) < 4.78 is 1.95. The van der Waals surface area contributed by atoms with Gasteiger partial charge in [-0.15, -0.1) is 0 Å². The van der Waals surface area contributed by atoms with Crippen molar-refractivity contribution in [1.29, 1.82) is 0 Å². The van der Waals surface area contributed by atoms with Crippen molar-refractivity contribution in [3.8, 4) is 0 Å². The maximum atomic E-state index is 5.85. The molecule has 19 heavy (non-hydrogen) atoms. The van der Waals surface area contributed by atoms with Gasteiger partial charge in [0.1, 0.15) is 0 Å². The fraction of sp³-hybridized carbons (Fsp3) is 0.0833. The zero-order valence-electron chi connectivity index (χ0n) is 9.95. The minimum Gasteiger partial charge on any atom is -0.375 e. The van der Waals surface area contributed by atoms with E-state index in [-0.39, 0.29) is 5.11 Å². The second-order valence-corrected chi connectivity index (χ2v) is 4.65. The first-order valence-electron chi connectivity index (χ1n) is 5.49. The molecule has 0 saturated heterocycles. The van der Waals surface area contributed by atoms with Crippen LogP contribution in [0.2, 0.25) is 5.02 Å². The van der Waals surface area contributed by atoms with E-state index in [1.807, 2.05) is 35.0 Å². The zero-order valence-corrected chi connectivity index (χ0v) is 11.5. The van der Waals surface area contributed by atoms with Crippen molar-refractivity contribution in [2.75, 3.05) is 0 Å². The number of benzene rings is 1. The third-order valence-electron chi connectivity index (χ3n) is 2.37. The molecular formula is C12H12ClN5S. The number of halogens is 1. The van der Waals surface area contributed by atoms with E-state index >= 15 is 0 Å². The van der Waals surface area contributed by atoms with Crippen molar-refractivity contribution in [3.05, 3.63) is 53.1 Å². The van der Waals surface area contributed by atoms with Crippen LogP contribution < -0.4 is 11.2 Å². The highest BCUT2D eigenvalue weighted by atomic mass is 35.5. The fourth-order valence-corrected chi connectivity index (χ4v) is 1.70. The molecule has 0 atom stereocenters. The number of nitrogens with two attached hydrogens (primary N) is 1. The summed E-state index contributed by atoms with van der Waals surface area (Å²) in [5.41, 5.74) is 8.89. The molecule has 5 nitrogen and oxygen atoms in total. The van der Waals surface area contributed by atoms with Crippen molar-refractivity contribution >= 4 is 35.1 Å². The predicted octanol–water partition coefficient (Wildman–Crippen LogP) is 1.75. The summed E-state index contributed by atoms with van der Waals surface area (Å²) in [6.07, 6.45) is 5.14. The van der Waals surface area contributed by atoms with E-state index in [1.165, 1.54) is 0 Å². The van der Waals surface area contributed by atoms with E-state index in [2.05, 4.69) is 27.7 Å². The topological polar surface area (TPSA) is 68.2 Å². The molecule has 2 aromatic rings. The summed E-state index contributed by atoms with van der Waals surface area (Å²) in [5.74, 6) is 0.707. The molecule has 1 aromatic heterocycles. The molecule has 0 fully saturated rings. The average Bonchev–Trinajstić information content (AvgIpc) is 2.79. The van der Waals surface area contributed by atoms with Gasteiger partial charge in [-0.2, -0.15) is 5.10 Å². The first kappa shape index (κ1) is 13.5. The average molecular weight is 294 g/mol. The van der Waals surface area contributed by atoms with E-state index in [1.54, 1.807) is 12.4 Å². The van der Waals surface area contributed by atoms with Gasteiger partial charge in [0.05, 0.1) is 6.21 Å². The molecular weight excluding hydrogens is 282 g/mol. The molecule has 0 radical (unpaired) electrons. The molecule has 7 heteroatoms. The monoisotopic (exact) mass is 293 g/mol. The van der Waals surface area contributed by atoms with E-state index in [0.717, 1.165) is 10.6 Å². The van der Waals surface area contributed by atoms with Crippen LogP contribution in [0.1, 0.15) is 11.4 Å². The molecule has 2 rings (SSSR count). The predicted molar refractivity (Wildman–Crippen MR) is 80.3 cm³/mol. The molecule has 0 aliphatic rings.